The highest BCUT2D eigenvalue weighted by molar-refractivity contribution is 7.89. The summed E-state index contributed by atoms with van der Waals surface area (Å²) in [4.78, 5) is 10.1. The number of nitrogens with zero attached hydrogens (tertiary/aromatic N) is 2. The van der Waals surface area contributed by atoms with Crippen molar-refractivity contribution >= 4 is 27.1 Å². The fourth-order valence-corrected chi connectivity index (χ4v) is 3.26. The fourth-order valence-electron chi connectivity index (χ4n) is 2.73. The zero-order valence-electron chi connectivity index (χ0n) is 11.5. The zero-order chi connectivity index (χ0) is 15.9. The Labute approximate surface area is 126 Å². The van der Waals surface area contributed by atoms with E-state index in [2.05, 4.69) is 22.7 Å². The number of hydrogen-bond donors (Lipinski definition) is 2. The molecule has 0 aromatic heterocycles. The Hall–Kier alpha value is -2.26. The number of allylic oxidation sites excluding steroid dienone is 2. The lowest BCUT2D eigenvalue weighted by Crippen LogP contribution is -2.33. The van der Waals surface area contributed by atoms with E-state index in [-0.39, 0.29) is 16.3 Å². The van der Waals surface area contributed by atoms with E-state index in [0.29, 0.717) is 11.8 Å². The number of rotatable bonds is 4. The van der Waals surface area contributed by atoms with Gasteiger partial charge in [0.2, 0.25) is 10.0 Å². The molecule has 2 atom stereocenters. The molecule has 0 heterocycles. The summed E-state index contributed by atoms with van der Waals surface area (Å²) in [6.45, 7) is 0. The van der Waals surface area contributed by atoms with Crippen molar-refractivity contribution in [2.45, 2.75) is 17.7 Å². The second-order valence-corrected chi connectivity index (χ2v) is 6.91. The lowest BCUT2D eigenvalue weighted by molar-refractivity contribution is -0.384. The van der Waals surface area contributed by atoms with E-state index in [1.165, 1.54) is 12.1 Å². The zero-order valence-corrected chi connectivity index (χ0v) is 12.3. The van der Waals surface area contributed by atoms with Crippen LogP contribution in [0.25, 0.3) is 0 Å². The second-order valence-electron chi connectivity index (χ2n) is 5.35. The number of nitro benzene ring substituents is 1. The van der Waals surface area contributed by atoms with Gasteiger partial charge in [0.1, 0.15) is 5.69 Å². The predicted molar refractivity (Wildman–Crippen MR) is 80.9 cm³/mol. The van der Waals surface area contributed by atoms with Crippen LogP contribution in [-0.2, 0) is 10.0 Å². The van der Waals surface area contributed by atoms with Crippen LogP contribution in [0.5, 0.6) is 0 Å². The highest BCUT2D eigenvalue weighted by atomic mass is 32.2. The average molecular weight is 322 g/mol. The molecule has 2 aliphatic carbocycles. The standard InChI is InChI=1S/C13H14N4O4S/c14-22(20,21)9-4-5-11(13(7-9)17(18)19)15-16-12-6-8-2-1-3-10(8)12/h1,3-5,7-8,10,15H,2,6H2,(H2,14,20,21)/b16-12-/t8-,10-/m0/s1. The van der Waals surface area contributed by atoms with Gasteiger partial charge in [0, 0.05) is 17.7 Å². The molecule has 1 saturated carbocycles. The first kappa shape index (κ1) is 14.7. The van der Waals surface area contributed by atoms with Gasteiger partial charge in [-0.25, -0.2) is 13.6 Å². The minimum Gasteiger partial charge on any atom is -0.272 e. The van der Waals surface area contributed by atoms with E-state index < -0.39 is 14.9 Å². The van der Waals surface area contributed by atoms with Crippen LogP contribution < -0.4 is 10.6 Å². The minimum atomic E-state index is -3.99. The van der Waals surface area contributed by atoms with Gasteiger partial charge in [0.05, 0.1) is 9.82 Å². The van der Waals surface area contributed by atoms with Gasteiger partial charge < -0.3 is 0 Å². The lowest BCUT2D eigenvalue weighted by Gasteiger charge is -2.31. The Bertz CT molecular complexity index is 800. The fraction of sp³-hybridized carbons (Fsp3) is 0.308. The van der Waals surface area contributed by atoms with E-state index in [1.54, 1.807) is 0 Å². The maximum atomic E-state index is 11.3. The number of anilines is 1. The van der Waals surface area contributed by atoms with Gasteiger partial charge >= 0.3 is 0 Å². The number of hydrogen-bond acceptors (Lipinski definition) is 6. The van der Waals surface area contributed by atoms with Crippen molar-refractivity contribution in [2.24, 2.45) is 22.1 Å². The van der Waals surface area contributed by atoms with Crippen LogP contribution in [0.2, 0.25) is 0 Å². The van der Waals surface area contributed by atoms with E-state index in [9.17, 15) is 18.5 Å². The molecule has 0 radical (unpaired) electrons. The summed E-state index contributed by atoms with van der Waals surface area (Å²) >= 11 is 0. The third-order valence-corrected chi connectivity index (χ3v) is 4.87. The maximum Gasteiger partial charge on any atom is 0.295 e. The number of nitrogens with two attached hydrogens (primary N) is 1. The van der Waals surface area contributed by atoms with Gasteiger partial charge in [-0.3, -0.25) is 15.5 Å². The minimum absolute atomic E-state index is 0.135. The Kier molecular flexibility index (Phi) is 3.45. The van der Waals surface area contributed by atoms with Gasteiger partial charge in [0.25, 0.3) is 5.69 Å². The Morgan fingerprint density at radius 1 is 1.41 bits per heavy atom. The molecule has 0 unspecified atom stereocenters. The third-order valence-electron chi connectivity index (χ3n) is 3.96. The SMILES string of the molecule is NS(=O)(=O)c1ccc(N/N=C2/C[C@@H]3CC=C[C@H]23)c([N+](=O)[O-])c1. The summed E-state index contributed by atoms with van der Waals surface area (Å²) in [6, 6.07) is 3.43. The smallest absolute Gasteiger partial charge is 0.272 e. The lowest BCUT2D eigenvalue weighted by atomic mass is 9.74. The second kappa shape index (κ2) is 5.18. The maximum absolute atomic E-state index is 11.3. The molecular weight excluding hydrogens is 308 g/mol. The van der Waals surface area contributed by atoms with Gasteiger partial charge in [-0.05, 0) is 30.9 Å². The predicted octanol–water partition coefficient (Wildman–Crippen LogP) is 1.61. The van der Waals surface area contributed by atoms with Gasteiger partial charge in [-0.1, -0.05) is 12.2 Å². The molecule has 1 aromatic rings. The molecule has 3 rings (SSSR count). The van der Waals surface area contributed by atoms with E-state index >= 15 is 0 Å². The third kappa shape index (κ3) is 2.60. The van der Waals surface area contributed by atoms with Crippen molar-refractivity contribution in [2.75, 3.05) is 5.43 Å². The van der Waals surface area contributed by atoms with E-state index in [1.807, 2.05) is 0 Å². The van der Waals surface area contributed by atoms with Crippen molar-refractivity contribution in [1.29, 1.82) is 0 Å². The molecule has 0 saturated heterocycles. The van der Waals surface area contributed by atoms with Crippen molar-refractivity contribution in [1.82, 2.24) is 0 Å². The number of primary sulfonamides is 1. The summed E-state index contributed by atoms with van der Waals surface area (Å²) in [6.07, 6.45) is 6.12. The van der Waals surface area contributed by atoms with Crippen molar-refractivity contribution in [3.8, 4) is 0 Å². The molecule has 1 fully saturated rings. The first-order chi connectivity index (χ1) is 10.4. The normalized spacial score (nSPS) is 24.9. The van der Waals surface area contributed by atoms with Crippen LogP contribution in [0.15, 0.2) is 40.3 Å². The molecule has 0 spiro atoms. The molecule has 2 aliphatic rings. The molecule has 116 valence electrons. The number of nitro groups is 1. The topological polar surface area (TPSA) is 128 Å². The van der Waals surface area contributed by atoms with E-state index in [0.717, 1.165) is 24.6 Å². The number of sulfonamides is 1. The molecule has 3 N–H and O–H groups in total. The number of nitrogens with one attached hydrogen (secondary N) is 1. The van der Waals surface area contributed by atoms with Gasteiger partial charge in [0.15, 0.2) is 0 Å². The van der Waals surface area contributed by atoms with Crippen LogP contribution in [0.1, 0.15) is 12.8 Å². The Balaban J connectivity index is 1.86. The summed E-state index contributed by atoms with van der Waals surface area (Å²) in [7, 11) is -3.99. The average Bonchev–Trinajstić information content (AvgIpc) is 2.79. The molecule has 22 heavy (non-hydrogen) atoms. The molecule has 9 heteroatoms. The summed E-state index contributed by atoms with van der Waals surface area (Å²) < 4.78 is 22.5. The molecule has 0 aliphatic heterocycles. The quantitative estimate of drug-likeness (QED) is 0.494. The molecule has 0 bridgehead atoms. The molecule has 1 aromatic carbocycles. The van der Waals surface area contributed by atoms with Crippen LogP contribution in [0, 0.1) is 22.0 Å². The van der Waals surface area contributed by atoms with Crippen molar-refractivity contribution in [3.05, 3.63) is 40.5 Å². The van der Waals surface area contributed by atoms with Crippen molar-refractivity contribution < 1.29 is 13.3 Å². The number of hydrazone groups is 1. The highest BCUT2D eigenvalue weighted by Crippen LogP contribution is 2.40. The van der Waals surface area contributed by atoms with Crippen LogP contribution >= 0.6 is 0 Å². The Morgan fingerprint density at radius 2 is 2.18 bits per heavy atom. The summed E-state index contributed by atoms with van der Waals surface area (Å²) in [5, 5.41) is 20.3. The highest BCUT2D eigenvalue weighted by Gasteiger charge is 2.37. The summed E-state index contributed by atoms with van der Waals surface area (Å²) in [5.41, 5.74) is 3.37. The van der Waals surface area contributed by atoms with Gasteiger partial charge in [-0.15, -0.1) is 0 Å². The van der Waals surface area contributed by atoms with Crippen molar-refractivity contribution in [3.63, 3.8) is 0 Å². The molecule has 0 amide bonds. The first-order valence-corrected chi connectivity index (χ1v) is 8.21. The van der Waals surface area contributed by atoms with Crippen LogP contribution in [-0.4, -0.2) is 19.1 Å². The summed E-state index contributed by atoms with van der Waals surface area (Å²) in [5.74, 6) is 0.913. The molecule has 8 nitrogen and oxygen atoms in total. The van der Waals surface area contributed by atoms with Crippen LogP contribution in [0.4, 0.5) is 11.4 Å². The first-order valence-electron chi connectivity index (χ1n) is 6.66. The Morgan fingerprint density at radius 3 is 2.82 bits per heavy atom. The number of fused-ring (bicyclic) bond motifs is 1. The monoisotopic (exact) mass is 322 g/mol. The largest absolute Gasteiger partial charge is 0.295 e. The molecular formula is C13H14N4O4S. The van der Waals surface area contributed by atoms with Crippen LogP contribution in [0.3, 0.4) is 0 Å². The van der Waals surface area contributed by atoms with E-state index in [4.69, 9.17) is 5.14 Å². The van der Waals surface area contributed by atoms with Gasteiger partial charge in [-0.2, -0.15) is 5.10 Å². The number of benzene rings is 1.